The Morgan fingerprint density at radius 1 is 1.42 bits per heavy atom. The van der Waals surface area contributed by atoms with E-state index in [2.05, 4.69) is 23.3 Å². The van der Waals surface area contributed by atoms with Crippen molar-refractivity contribution < 1.29 is 4.74 Å². The fourth-order valence-electron chi connectivity index (χ4n) is 2.33. The highest BCUT2D eigenvalue weighted by Crippen LogP contribution is 2.22. The second-order valence-electron chi connectivity index (χ2n) is 5.12. The van der Waals surface area contributed by atoms with Crippen LogP contribution >= 0.6 is 22.9 Å². The lowest BCUT2D eigenvalue weighted by Crippen LogP contribution is -2.33. The summed E-state index contributed by atoms with van der Waals surface area (Å²) in [4.78, 5) is 3.65. The normalized spacial score (nSPS) is 17.2. The van der Waals surface area contributed by atoms with Gasteiger partial charge in [-0.3, -0.25) is 0 Å². The van der Waals surface area contributed by atoms with Gasteiger partial charge in [-0.1, -0.05) is 11.6 Å². The molecule has 0 aliphatic carbocycles. The van der Waals surface area contributed by atoms with Crippen LogP contribution in [0.15, 0.2) is 12.1 Å². The summed E-state index contributed by atoms with van der Waals surface area (Å²) in [6.45, 7) is 5.12. The Labute approximate surface area is 124 Å². The maximum Gasteiger partial charge on any atom is 0.0931 e. The molecule has 5 heteroatoms. The molecular weight excluding hydrogens is 280 g/mol. The third-order valence-corrected chi connectivity index (χ3v) is 4.59. The number of hydrogen-bond acceptors (Lipinski definition) is 4. The third kappa shape index (κ3) is 5.79. The van der Waals surface area contributed by atoms with Crippen molar-refractivity contribution in [3.05, 3.63) is 21.3 Å². The average molecular weight is 303 g/mol. The molecule has 1 N–H and O–H groups in total. The molecule has 2 heterocycles. The molecular formula is C14H23ClN2OS. The first-order valence-electron chi connectivity index (χ1n) is 6.99. The maximum atomic E-state index is 5.93. The van der Waals surface area contributed by atoms with Crippen molar-refractivity contribution >= 4 is 22.9 Å². The first kappa shape index (κ1) is 15.3. The molecule has 1 aromatic heterocycles. The number of nitrogens with zero attached hydrogens (tertiary/aromatic N) is 1. The second kappa shape index (κ2) is 8.22. The summed E-state index contributed by atoms with van der Waals surface area (Å²) in [5.74, 6) is 0. The largest absolute Gasteiger partial charge is 0.378 e. The van der Waals surface area contributed by atoms with Crippen LogP contribution in [0.4, 0.5) is 0 Å². The number of hydrogen-bond donors (Lipinski definition) is 1. The summed E-state index contributed by atoms with van der Waals surface area (Å²) >= 11 is 7.60. The molecule has 1 fully saturated rings. The number of ether oxygens (including phenoxy) is 1. The fraction of sp³-hybridized carbons (Fsp3) is 0.714. The number of thiophene rings is 1. The smallest absolute Gasteiger partial charge is 0.0931 e. The van der Waals surface area contributed by atoms with Gasteiger partial charge in [-0.25, -0.2) is 0 Å². The van der Waals surface area contributed by atoms with Crippen LogP contribution < -0.4 is 5.32 Å². The van der Waals surface area contributed by atoms with Crippen LogP contribution in [0, 0.1) is 0 Å². The van der Waals surface area contributed by atoms with Crippen LogP contribution in [0.3, 0.4) is 0 Å². The van der Waals surface area contributed by atoms with Gasteiger partial charge in [0.1, 0.15) is 0 Å². The summed E-state index contributed by atoms with van der Waals surface area (Å²) in [7, 11) is 2.15. The van der Waals surface area contributed by atoms with E-state index < -0.39 is 0 Å². The van der Waals surface area contributed by atoms with Crippen molar-refractivity contribution in [2.45, 2.75) is 31.9 Å². The van der Waals surface area contributed by atoms with Gasteiger partial charge in [-0.15, -0.1) is 11.3 Å². The summed E-state index contributed by atoms with van der Waals surface area (Å²) in [6.07, 6.45) is 3.88. The van der Waals surface area contributed by atoms with Crippen LogP contribution in [0.5, 0.6) is 0 Å². The number of nitrogens with one attached hydrogen (secondary N) is 1. The van der Waals surface area contributed by atoms with Crippen molar-refractivity contribution in [2.24, 2.45) is 0 Å². The highest BCUT2D eigenvalue weighted by molar-refractivity contribution is 7.16. The second-order valence-corrected chi connectivity index (χ2v) is 6.92. The predicted molar refractivity (Wildman–Crippen MR) is 82.1 cm³/mol. The Bertz CT molecular complexity index is 366. The van der Waals surface area contributed by atoms with E-state index in [1.54, 1.807) is 11.3 Å². The summed E-state index contributed by atoms with van der Waals surface area (Å²) in [5, 5.41) is 3.35. The van der Waals surface area contributed by atoms with Crippen molar-refractivity contribution in [3.63, 3.8) is 0 Å². The lowest BCUT2D eigenvalue weighted by Gasteiger charge is -2.23. The van der Waals surface area contributed by atoms with Crippen LogP contribution in [0.2, 0.25) is 4.34 Å². The highest BCUT2D eigenvalue weighted by atomic mass is 35.5. The SMILES string of the molecule is CN(CCCOC1CCNCC1)Cc1ccc(Cl)s1. The van der Waals surface area contributed by atoms with E-state index in [4.69, 9.17) is 16.3 Å². The van der Waals surface area contributed by atoms with Gasteiger partial charge in [-0.2, -0.15) is 0 Å². The van der Waals surface area contributed by atoms with Crippen molar-refractivity contribution in [3.8, 4) is 0 Å². The quantitative estimate of drug-likeness (QED) is 0.784. The van der Waals surface area contributed by atoms with Gasteiger partial charge in [0.15, 0.2) is 0 Å². The Kier molecular flexibility index (Phi) is 6.61. The van der Waals surface area contributed by atoms with Gasteiger partial charge in [0.2, 0.25) is 0 Å². The molecule has 0 radical (unpaired) electrons. The van der Waals surface area contributed by atoms with Crippen molar-refractivity contribution in [1.82, 2.24) is 10.2 Å². The lowest BCUT2D eigenvalue weighted by molar-refractivity contribution is 0.0284. The minimum atomic E-state index is 0.475. The molecule has 108 valence electrons. The summed E-state index contributed by atoms with van der Waals surface area (Å²) in [5.41, 5.74) is 0. The number of rotatable bonds is 7. The van der Waals surface area contributed by atoms with E-state index in [1.165, 1.54) is 4.88 Å². The zero-order chi connectivity index (χ0) is 13.5. The summed E-state index contributed by atoms with van der Waals surface area (Å²) < 4.78 is 6.78. The topological polar surface area (TPSA) is 24.5 Å². The van der Waals surface area contributed by atoms with Gasteiger partial charge >= 0.3 is 0 Å². The molecule has 1 saturated heterocycles. The molecule has 0 saturated carbocycles. The molecule has 0 amide bonds. The standard InChI is InChI=1S/C14H23ClN2OS/c1-17(11-13-3-4-14(15)19-13)9-2-10-18-12-5-7-16-8-6-12/h3-4,12,16H,2,5-11H2,1H3. The van der Waals surface area contributed by atoms with E-state index in [0.717, 1.165) is 56.4 Å². The molecule has 0 bridgehead atoms. The molecule has 0 atom stereocenters. The highest BCUT2D eigenvalue weighted by Gasteiger charge is 2.12. The van der Waals surface area contributed by atoms with Crippen molar-refractivity contribution in [2.75, 3.05) is 33.3 Å². The molecule has 0 aromatic carbocycles. The maximum absolute atomic E-state index is 5.93. The molecule has 1 aliphatic heterocycles. The predicted octanol–water partition coefficient (Wildman–Crippen LogP) is 2.99. The minimum Gasteiger partial charge on any atom is -0.378 e. The Morgan fingerprint density at radius 3 is 2.89 bits per heavy atom. The zero-order valence-corrected chi connectivity index (χ0v) is 13.1. The Hall–Kier alpha value is -0.130. The van der Waals surface area contributed by atoms with Gasteiger partial charge < -0.3 is 15.0 Å². The average Bonchev–Trinajstić information content (AvgIpc) is 2.81. The van der Waals surface area contributed by atoms with Crippen LogP contribution in [0.25, 0.3) is 0 Å². The zero-order valence-electron chi connectivity index (χ0n) is 11.5. The lowest BCUT2D eigenvalue weighted by atomic mass is 10.1. The van der Waals surface area contributed by atoms with Gasteiger partial charge in [0, 0.05) is 24.6 Å². The van der Waals surface area contributed by atoms with Crippen molar-refractivity contribution in [1.29, 1.82) is 0 Å². The molecule has 1 aliphatic rings. The van der Waals surface area contributed by atoms with Gasteiger partial charge in [-0.05, 0) is 51.5 Å². The van der Waals surface area contributed by atoms with Gasteiger partial charge in [0.05, 0.1) is 10.4 Å². The number of halogens is 1. The molecule has 3 nitrogen and oxygen atoms in total. The number of piperidine rings is 1. The summed E-state index contributed by atoms with van der Waals surface area (Å²) in [6, 6.07) is 4.07. The molecule has 0 unspecified atom stereocenters. The molecule has 0 spiro atoms. The van der Waals surface area contributed by atoms with Crippen LogP contribution in [-0.4, -0.2) is 44.3 Å². The van der Waals surface area contributed by atoms with E-state index in [-0.39, 0.29) is 0 Å². The molecule has 1 aromatic rings. The molecule has 2 rings (SSSR count). The van der Waals surface area contributed by atoms with E-state index in [9.17, 15) is 0 Å². The van der Waals surface area contributed by atoms with E-state index >= 15 is 0 Å². The van der Waals surface area contributed by atoms with Gasteiger partial charge in [0.25, 0.3) is 0 Å². The first-order chi connectivity index (χ1) is 9.24. The fourth-order valence-corrected chi connectivity index (χ4v) is 3.50. The van der Waals surface area contributed by atoms with Crippen LogP contribution in [-0.2, 0) is 11.3 Å². The molecule has 19 heavy (non-hydrogen) atoms. The van der Waals surface area contributed by atoms with Crippen LogP contribution in [0.1, 0.15) is 24.1 Å². The van der Waals surface area contributed by atoms with E-state index in [0.29, 0.717) is 6.10 Å². The first-order valence-corrected chi connectivity index (χ1v) is 8.18. The van der Waals surface area contributed by atoms with E-state index in [1.807, 2.05) is 6.07 Å². The minimum absolute atomic E-state index is 0.475. The monoisotopic (exact) mass is 302 g/mol. The Balaban J connectivity index is 1.54. The third-order valence-electron chi connectivity index (χ3n) is 3.38. The Morgan fingerprint density at radius 2 is 2.21 bits per heavy atom.